The second-order valence-electron chi connectivity index (χ2n) is 3.75. The monoisotopic (exact) mass is 225 g/mol. The molecule has 2 rings (SSSR count). The standard InChI is InChI=1S/C14H15N3/c15-14-5-1-3-13(9-14)11-17-8-6-12-4-2-7-16-10-12/h1-10,17H,11,15H2. The van der Waals surface area contributed by atoms with E-state index in [1.54, 1.807) is 6.20 Å². The highest BCUT2D eigenvalue weighted by Gasteiger charge is 1.90. The van der Waals surface area contributed by atoms with Crippen molar-refractivity contribution in [2.45, 2.75) is 6.54 Å². The third-order valence-electron chi connectivity index (χ3n) is 2.34. The maximum Gasteiger partial charge on any atom is 0.0396 e. The third kappa shape index (κ3) is 3.65. The van der Waals surface area contributed by atoms with Gasteiger partial charge in [0.25, 0.3) is 0 Å². The fourth-order valence-electron chi connectivity index (χ4n) is 1.51. The number of hydrogen-bond acceptors (Lipinski definition) is 3. The number of rotatable bonds is 4. The zero-order chi connectivity index (χ0) is 11.9. The van der Waals surface area contributed by atoms with Crippen LogP contribution in [0.25, 0.3) is 6.08 Å². The lowest BCUT2D eigenvalue weighted by Gasteiger charge is -2.02. The Morgan fingerprint density at radius 2 is 2.18 bits per heavy atom. The largest absolute Gasteiger partial charge is 0.399 e. The first-order valence-electron chi connectivity index (χ1n) is 5.49. The molecule has 0 fully saturated rings. The summed E-state index contributed by atoms with van der Waals surface area (Å²) in [5.74, 6) is 0. The van der Waals surface area contributed by atoms with Crippen LogP contribution < -0.4 is 11.1 Å². The molecule has 1 aromatic heterocycles. The topological polar surface area (TPSA) is 50.9 Å². The zero-order valence-corrected chi connectivity index (χ0v) is 9.51. The fraction of sp³-hybridized carbons (Fsp3) is 0.0714. The number of benzene rings is 1. The van der Waals surface area contributed by atoms with E-state index >= 15 is 0 Å². The number of anilines is 1. The molecule has 1 heterocycles. The number of pyridine rings is 1. The van der Waals surface area contributed by atoms with Crippen molar-refractivity contribution >= 4 is 11.8 Å². The molecule has 0 bridgehead atoms. The number of nitrogens with two attached hydrogens (primary N) is 1. The molecule has 17 heavy (non-hydrogen) atoms. The number of nitrogens with zero attached hydrogens (tertiary/aromatic N) is 1. The Bertz CT molecular complexity index is 492. The first-order chi connectivity index (χ1) is 8.34. The molecule has 3 heteroatoms. The van der Waals surface area contributed by atoms with Crippen LogP contribution in [0.15, 0.2) is 55.0 Å². The van der Waals surface area contributed by atoms with Gasteiger partial charge in [0.2, 0.25) is 0 Å². The van der Waals surface area contributed by atoms with Crippen LogP contribution in [0.4, 0.5) is 5.69 Å². The maximum atomic E-state index is 5.70. The Labute approximate surface area is 101 Å². The van der Waals surface area contributed by atoms with Crippen LogP contribution in [-0.4, -0.2) is 4.98 Å². The van der Waals surface area contributed by atoms with Crippen molar-refractivity contribution in [1.82, 2.24) is 10.3 Å². The van der Waals surface area contributed by atoms with Gasteiger partial charge in [0.1, 0.15) is 0 Å². The average molecular weight is 225 g/mol. The minimum atomic E-state index is 0.766. The van der Waals surface area contributed by atoms with E-state index in [1.807, 2.05) is 54.9 Å². The van der Waals surface area contributed by atoms with E-state index in [0.29, 0.717) is 0 Å². The molecule has 0 saturated carbocycles. The van der Waals surface area contributed by atoms with E-state index in [0.717, 1.165) is 17.8 Å². The molecule has 3 nitrogen and oxygen atoms in total. The molecule has 0 spiro atoms. The number of nitrogens with one attached hydrogen (secondary N) is 1. The van der Waals surface area contributed by atoms with Gasteiger partial charge >= 0.3 is 0 Å². The third-order valence-corrected chi connectivity index (χ3v) is 2.34. The normalized spacial score (nSPS) is 10.6. The average Bonchev–Trinajstić information content (AvgIpc) is 2.36. The summed E-state index contributed by atoms with van der Waals surface area (Å²) >= 11 is 0. The predicted molar refractivity (Wildman–Crippen MR) is 71.0 cm³/mol. The Kier molecular flexibility index (Phi) is 3.76. The minimum absolute atomic E-state index is 0.766. The van der Waals surface area contributed by atoms with E-state index in [9.17, 15) is 0 Å². The van der Waals surface area contributed by atoms with Gasteiger partial charge in [-0.1, -0.05) is 18.2 Å². The SMILES string of the molecule is Nc1cccc(CNC=Cc2cccnc2)c1. The summed E-state index contributed by atoms with van der Waals surface area (Å²) in [4.78, 5) is 4.04. The van der Waals surface area contributed by atoms with Crippen molar-refractivity contribution in [3.8, 4) is 0 Å². The highest BCUT2D eigenvalue weighted by molar-refractivity contribution is 5.47. The van der Waals surface area contributed by atoms with E-state index in [1.165, 1.54) is 5.56 Å². The summed E-state index contributed by atoms with van der Waals surface area (Å²) in [6.45, 7) is 0.766. The Morgan fingerprint density at radius 3 is 2.94 bits per heavy atom. The molecule has 2 aromatic rings. The van der Waals surface area contributed by atoms with Crippen molar-refractivity contribution in [3.05, 3.63) is 66.1 Å². The molecule has 0 aliphatic carbocycles. The maximum absolute atomic E-state index is 5.70. The molecule has 0 atom stereocenters. The molecule has 0 unspecified atom stereocenters. The molecule has 0 aliphatic rings. The van der Waals surface area contributed by atoms with Gasteiger partial charge in [-0.15, -0.1) is 0 Å². The van der Waals surface area contributed by atoms with Gasteiger partial charge in [-0.2, -0.15) is 0 Å². The Morgan fingerprint density at radius 1 is 1.24 bits per heavy atom. The van der Waals surface area contributed by atoms with Gasteiger partial charge in [-0.25, -0.2) is 0 Å². The van der Waals surface area contributed by atoms with Gasteiger partial charge in [0.15, 0.2) is 0 Å². The summed E-state index contributed by atoms with van der Waals surface area (Å²) in [6.07, 6.45) is 7.48. The second-order valence-corrected chi connectivity index (χ2v) is 3.75. The van der Waals surface area contributed by atoms with E-state index < -0.39 is 0 Å². The van der Waals surface area contributed by atoms with Crippen LogP contribution in [0.1, 0.15) is 11.1 Å². The molecular formula is C14H15N3. The highest BCUT2D eigenvalue weighted by Crippen LogP contribution is 2.06. The molecule has 0 radical (unpaired) electrons. The van der Waals surface area contributed by atoms with Crippen molar-refractivity contribution in [2.75, 3.05) is 5.73 Å². The summed E-state index contributed by atoms with van der Waals surface area (Å²) in [5.41, 5.74) is 8.74. The number of hydrogen-bond donors (Lipinski definition) is 2. The quantitative estimate of drug-likeness (QED) is 0.786. The molecule has 1 aromatic carbocycles. The molecule has 0 aliphatic heterocycles. The number of nitrogen functional groups attached to an aromatic ring is 1. The Hall–Kier alpha value is -2.29. The molecule has 86 valence electrons. The van der Waals surface area contributed by atoms with Crippen LogP contribution in [0, 0.1) is 0 Å². The summed E-state index contributed by atoms with van der Waals surface area (Å²) < 4.78 is 0. The smallest absolute Gasteiger partial charge is 0.0396 e. The van der Waals surface area contributed by atoms with Crippen molar-refractivity contribution < 1.29 is 0 Å². The van der Waals surface area contributed by atoms with Gasteiger partial charge in [-0.05, 0) is 41.6 Å². The lowest BCUT2D eigenvalue weighted by atomic mass is 10.2. The lowest BCUT2D eigenvalue weighted by Crippen LogP contribution is -2.04. The van der Waals surface area contributed by atoms with Gasteiger partial charge < -0.3 is 11.1 Å². The van der Waals surface area contributed by atoms with Crippen molar-refractivity contribution in [3.63, 3.8) is 0 Å². The summed E-state index contributed by atoms with van der Waals surface area (Å²) in [5, 5.41) is 3.21. The van der Waals surface area contributed by atoms with Crippen molar-refractivity contribution in [2.24, 2.45) is 0 Å². The first-order valence-corrected chi connectivity index (χ1v) is 5.49. The summed E-state index contributed by atoms with van der Waals surface area (Å²) in [7, 11) is 0. The number of aromatic nitrogens is 1. The van der Waals surface area contributed by atoms with Crippen LogP contribution in [-0.2, 0) is 6.54 Å². The van der Waals surface area contributed by atoms with Crippen LogP contribution in [0.3, 0.4) is 0 Å². The summed E-state index contributed by atoms with van der Waals surface area (Å²) in [6, 6.07) is 11.8. The van der Waals surface area contributed by atoms with Gasteiger partial charge in [-0.3, -0.25) is 4.98 Å². The lowest BCUT2D eigenvalue weighted by molar-refractivity contribution is 0.874. The first kappa shape index (κ1) is 11.2. The van der Waals surface area contributed by atoms with E-state index in [4.69, 9.17) is 5.73 Å². The molecule has 3 N–H and O–H groups in total. The Balaban J connectivity index is 1.86. The predicted octanol–water partition coefficient (Wildman–Crippen LogP) is 2.42. The van der Waals surface area contributed by atoms with Crippen molar-refractivity contribution in [1.29, 1.82) is 0 Å². The minimum Gasteiger partial charge on any atom is -0.399 e. The van der Waals surface area contributed by atoms with Crippen LogP contribution >= 0.6 is 0 Å². The molecular weight excluding hydrogens is 210 g/mol. The van der Waals surface area contributed by atoms with E-state index in [2.05, 4.69) is 10.3 Å². The van der Waals surface area contributed by atoms with Crippen LogP contribution in [0.5, 0.6) is 0 Å². The van der Waals surface area contributed by atoms with Gasteiger partial charge in [0.05, 0.1) is 0 Å². The zero-order valence-electron chi connectivity index (χ0n) is 9.51. The van der Waals surface area contributed by atoms with E-state index in [-0.39, 0.29) is 0 Å². The second kappa shape index (κ2) is 5.70. The van der Waals surface area contributed by atoms with Crippen LogP contribution in [0.2, 0.25) is 0 Å². The molecule has 0 saturated heterocycles. The van der Waals surface area contributed by atoms with Gasteiger partial charge in [0, 0.05) is 24.6 Å². The highest BCUT2D eigenvalue weighted by atomic mass is 14.8. The fourth-order valence-corrected chi connectivity index (χ4v) is 1.51. The molecule has 0 amide bonds.